The number of benzene rings is 1. The second kappa shape index (κ2) is 7.39. The SMILES string of the molecule is C[C@H](Cc1cccc(Cl)c1)C(=O)N1CCC(c2cnn(C)c2)CC1. The maximum absolute atomic E-state index is 12.7. The fraction of sp³-hybridized carbons (Fsp3) is 0.474. The Kier molecular flexibility index (Phi) is 5.24. The zero-order valence-corrected chi connectivity index (χ0v) is 15.0. The molecule has 1 amide bonds. The molecule has 1 saturated heterocycles. The molecule has 2 heterocycles. The van der Waals surface area contributed by atoms with Crippen LogP contribution >= 0.6 is 11.6 Å². The van der Waals surface area contributed by atoms with Crippen LogP contribution in [-0.2, 0) is 18.3 Å². The Balaban J connectivity index is 1.54. The molecule has 3 rings (SSSR count). The Morgan fingerprint density at radius 3 is 2.75 bits per heavy atom. The lowest BCUT2D eigenvalue weighted by Crippen LogP contribution is -2.41. The monoisotopic (exact) mass is 345 g/mol. The van der Waals surface area contributed by atoms with Crippen LogP contribution in [0.15, 0.2) is 36.7 Å². The smallest absolute Gasteiger partial charge is 0.225 e. The van der Waals surface area contributed by atoms with Gasteiger partial charge in [-0.25, -0.2) is 0 Å². The number of carbonyl (C=O) groups excluding carboxylic acids is 1. The average Bonchev–Trinajstić information content (AvgIpc) is 3.01. The predicted octanol–water partition coefficient (Wildman–Crippen LogP) is 3.66. The van der Waals surface area contributed by atoms with Crippen molar-refractivity contribution in [2.75, 3.05) is 13.1 Å². The van der Waals surface area contributed by atoms with E-state index in [1.165, 1.54) is 5.56 Å². The molecule has 0 spiro atoms. The summed E-state index contributed by atoms with van der Waals surface area (Å²) in [7, 11) is 1.94. The van der Waals surface area contributed by atoms with E-state index < -0.39 is 0 Å². The average molecular weight is 346 g/mol. The van der Waals surface area contributed by atoms with Crippen molar-refractivity contribution < 1.29 is 4.79 Å². The molecule has 0 aliphatic carbocycles. The largest absolute Gasteiger partial charge is 0.342 e. The summed E-state index contributed by atoms with van der Waals surface area (Å²) in [5, 5.41) is 4.98. The summed E-state index contributed by atoms with van der Waals surface area (Å²) in [5.74, 6) is 0.754. The molecule has 0 N–H and O–H groups in total. The van der Waals surface area contributed by atoms with Gasteiger partial charge in [-0.2, -0.15) is 5.10 Å². The highest BCUT2D eigenvalue weighted by atomic mass is 35.5. The van der Waals surface area contributed by atoms with Gasteiger partial charge in [-0.15, -0.1) is 0 Å². The van der Waals surface area contributed by atoms with Crippen LogP contribution in [0.1, 0.15) is 36.8 Å². The van der Waals surface area contributed by atoms with E-state index >= 15 is 0 Å². The minimum absolute atomic E-state index is 0.0154. The van der Waals surface area contributed by atoms with Gasteiger partial charge in [-0.1, -0.05) is 30.7 Å². The number of hydrogen-bond acceptors (Lipinski definition) is 2. The van der Waals surface area contributed by atoms with Crippen molar-refractivity contribution in [2.45, 2.75) is 32.1 Å². The van der Waals surface area contributed by atoms with Crippen LogP contribution < -0.4 is 0 Å². The van der Waals surface area contributed by atoms with E-state index in [2.05, 4.69) is 11.3 Å². The molecular weight excluding hydrogens is 322 g/mol. The van der Waals surface area contributed by atoms with E-state index in [9.17, 15) is 4.79 Å². The lowest BCUT2D eigenvalue weighted by Gasteiger charge is -2.33. The normalized spacial score (nSPS) is 17.0. The van der Waals surface area contributed by atoms with Gasteiger partial charge in [-0.3, -0.25) is 9.48 Å². The van der Waals surface area contributed by atoms with E-state index in [4.69, 9.17) is 11.6 Å². The van der Waals surface area contributed by atoms with Crippen molar-refractivity contribution in [3.05, 3.63) is 52.8 Å². The lowest BCUT2D eigenvalue weighted by molar-refractivity contribution is -0.136. The van der Waals surface area contributed by atoms with Crippen molar-refractivity contribution in [1.82, 2.24) is 14.7 Å². The van der Waals surface area contributed by atoms with Gasteiger partial charge >= 0.3 is 0 Å². The Bertz CT molecular complexity index is 704. The number of nitrogens with zero attached hydrogens (tertiary/aromatic N) is 3. The number of aromatic nitrogens is 2. The Hall–Kier alpha value is -1.81. The molecule has 128 valence electrons. The highest BCUT2D eigenvalue weighted by Crippen LogP contribution is 2.28. The molecule has 1 aliphatic rings. The van der Waals surface area contributed by atoms with Crippen LogP contribution in [0.2, 0.25) is 5.02 Å². The van der Waals surface area contributed by atoms with Crippen molar-refractivity contribution in [2.24, 2.45) is 13.0 Å². The summed E-state index contributed by atoms with van der Waals surface area (Å²) >= 11 is 6.03. The second-order valence-corrected chi connectivity index (χ2v) is 7.22. The number of halogens is 1. The molecule has 0 radical (unpaired) electrons. The van der Waals surface area contributed by atoms with Crippen LogP contribution in [-0.4, -0.2) is 33.7 Å². The summed E-state index contributed by atoms with van der Waals surface area (Å²) in [6.07, 6.45) is 6.80. The Morgan fingerprint density at radius 1 is 1.38 bits per heavy atom. The molecule has 1 aliphatic heterocycles. The lowest BCUT2D eigenvalue weighted by atomic mass is 9.90. The van der Waals surface area contributed by atoms with E-state index in [0.29, 0.717) is 5.92 Å². The predicted molar refractivity (Wildman–Crippen MR) is 96.1 cm³/mol. The van der Waals surface area contributed by atoms with E-state index in [0.717, 1.165) is 42.9 Å². The molecule has 5 heteroatoms. The van der Waals surface area contributed by atoms with E-state index in [1.54, 1.807) is 0 Å². The number of piperidine rings is 1. The third kappa shape index (κ3) is 3.99. The maximum Gasteiger partial charge on any atom is 0.225 e. The molecule has 1 fully saturated rings. The minimum Gasteiger partial charge on any atom is -0.342 e. The van der Waals surface area contributed by atoms with Crippen molar-refractivity contribution in [1.29, 1.82) is 0 Å². The van der Waals surface area contributed by atoms with Crippen LogP contribution in [0, 0.1) is 5.92 Å². The number of likely N-dealkylation sites (tertiary alicyclic amines) is 1. The Morgan fingerprint density at radius 2 is 2.12 bits per heavy atom. The van der Waals surface area contributed by atoms with E-state index in [1.807, 2.05) is 54.0 Å². The van der Waals surface area contributed by atoms with Gasteiger partial charge in [0.1, 0.15) is 0 Å². The third-order valence-corrected chi connectivity index (χ3v) is 5.09. The van der Waals surface area contributed by atoms with Crippen LogP contribution in [0.3, 0.4) is 0 Å². The molecule has 1 aromatic heterocycles. The maximum atomic E-state index is 12.7. The highest BCUT2D eigenvalue weighted by molar-refractivity contribution is 6.30. The first kappa shape index (κ1) is 17.0. The van der Waals surface area contributed by atoms with Gasteiger partial charge in [0.25, 0.3) is 0 Å². The first-order valence-electron chi connectivity index (χ1n) is 8.54. The molecule has 2 aromatic rings. The number of rotatable bonds is 4. The summed E-state index contributed by atoms with van der Waals surface area (Å²) in [5.41, 5.74) is 2.41. The molecule has 0 unspecified atom stereocenters. The molecule has 1 atom stereocenters. The number of amides is 1. The van der Waals surface area contributed by atoms with Crippen LogP contribution in [0.25, 0.3) is 0 Å². The zero-order chi connectivity index (χ0) is 17.1. The minimum atomic E-state index is -0.0154. The number of carbonyl (C=O) groups is 1. The fourth-order valence-electron chi connectivity index (χ4n) is 3.50. The van der Waals surface area contributed by atoms with Crippen molar-refractivity contribution >= 4 is 17.5 Å². The van der Waals surface area contributed by atoms with Crippen molar-refractivity contribution in [3.8, 4) is 0 Å². The quantitative estimate of drug-likeness (QED) is 0.848. The van der Waals surface area contributed by atoms with Gasteiger partial charge in [0.2, 0.25) is 5.91 Å². The van der Waals surface area contributed by atoms with Gasteiger partial charge in [0, 0.05) is 37.3 Å². The second-order valence-electron chi connectivity index (χ2n) is 6.78. The summed E-state index contributed by atoms with van der Waals surface area (Å²) < 4.78 is 1.85. The molecular formula is C19H24ClN3O. The summed E-state index contributed by atoms with van der Waals surface area (Å²) in [6.45, 7) is 3.67. The molecule has 0 bridgehead atoms. The number of aryl methyl sites for hydroxylation is 1. The van der Waals surface area contributed by atoms with Gasteiger partial charge in [0.05, 0.1) is 6.20 Å². The van der Waals surface area contributed by atoms with Gasteiger partial charge in [0.15, 0.2) is 0 Å². The molecule has 0 saturated carbocycles. The first-order chi connectivity index (χ1) is 11.5. The van der Waals surface area contributed by atoms with E-state index in [-0.39, 0.29) is 11.8 Å². The van der Waals surface area contributed by atoms with Crippen molar-refractivity contribution in [3.63, 3.8) is 0 Å². The standard InChI is InChI=1S/C19H24ClN3O/c1-14(10-15-4-3-5-18(20)11-15)19(24)23-8-6-16(7-9-23)17-12-21-22(2)13-17/h3-5,11-14,16H,6-10H2,1-2H3/t14-/m1/s1. The van der Waals surface area contributed by atoms with Gasteiger partial charge < -0.3 is 4.90 Å². The summed E-state index contributed by atoms with van der Waals surface area (Å²) in [6, 6.07) is 7.78. The zero-order valence-electron chi connectivity index (χ0n) is 14.3. The van der Waals surface area contributed by atoms with Gasteiger partial charge in [-0.05, 0) is 48.4 Å². The topological polar surface area (TPSA) is 38.1 Å². The molecule has 24 heavy (non-hydrogen) atoms. The Labute approximate surface area is 148 Å². The fourth-order valence-corrected chi connectivity index (χ4v) is 3.71. The third-order valence-electron chi connectivity index (χ3n) is 4.86. The highest BCUT2D eigenvalue weighted by Gasteiger charge is 2.27. The van der Waals surface area contributed by atoms with Crippen LogP contribution in [0.4, 0.5) is 0 Å². The molecule has 4 nitrogen and oxygen atoms in total. The first-order valence-corrected chi connectivity index (χ1v) is 8.92. The number of hydrogen-bond donors (Lipinski definition) is 0. The van der Waals surface area contributed by atoms with Crippen LogP contribution in [0.5, 0.6) is 0 Å². The summed E-state index contributed by atoms with van der Waals surface area (Å²) in [4.78, 5) is 14.7. The molecule has 1 aromatic carbocycles.